The average molecular weight is 443 g/mol. The van der Waals surface area contributed by atoms with Crippen molar-refractivity contribution in [1.29, 1.82) is 0 Å². The first-order valence-electron chi connectivity index (χ1n) is 8.80. The SMILES string of the molecule is NC(=S)N/N=C/c1ccc(OC/C=C/COc2ccc(/C=N/NC(N)=S)cc2)cc1. The van der Waals surface area contributed by atoms with Crippen LogP contribution in [0.15, 0.2) is 70.9 Å². The van der Waals surface area contributed by atoms with E-state index in [9.17, 15) is 0 Å². The minimum atomic E-state index is 0.120. The fourth-order valence-electron chi connectivity index (χ4n) is 2.07. The van der Waals surface area contributed by atoms with Crippen molar-refractivity contribution in [2.75, 3.05) is 13.2 Å². The lowest BCUT2D eigenvalue weighted by molar-refractivity contribution is 0.350. The maximum Gasteiger partial charge on any atom is 0.184 e. The molecule has 0 fully saturated rings. The summed E-state index contributed by atoms with van der Waals surface area (Å²) in [6.07, 6.45) is 7.02. The summed E-state index contributed by atoms with van der Waals surface area (Å²) in [6, 6.07) is 14.9. The summed E-state index contributed by atoms with van der Waals surface area (Å²) < 4.78 is 11.3. The zero-order valence-electron chi connectivity index (χ0n) is 16.0. The van der Waals surface area contributed by atoms with E-state index in [1.165, 1.54) is 0 Å². The Bertz CT molecular complexity index is 836. The summed E-state index contributed by atoms with van der Waals surface area (Å²) in [4.78, 5) is 0. The normalized spacial score (nSPS) is 11.1. The number of hydrogen-bond acceptors (Lipinski definition) is 6. The van der Waals surface area contributed by atoms with Gasteiger partial charge in [-0.25, -0.2) is 0 Å². The highest BCUT2D eigenvalue weighted by molar-refractivity contribution is 7.80. The molecular weight excluding hydrogens is 420 g/mol. The first-order valence-corrected chi connectivity index (χ1v) is 9.62. The van der Waals surface area contributed by atoms with Crippen LogP contribution in [0.3, 0.4) is 0 Å². The molecule has 2 aromatic carbocycles. The molecule has 6 N–H and O–H groups in total. The number of nitrogens with zero attached hydrogens (tertiary/aromatic N) is 2. The number of nitrogens with one attached hydrogen (secondary N) is 2. The molecule has 0 aliphatic rings. The molecule has 0 bridgehead atoms. The second-order valence-electron chi connectivity index (χ2n) is 5.70. The zero-order valence-corrected chi connectivity index (χ0v) is 17.7. The van der Waals surface area contributed by atoms with Crippen LogP contribution in [0.1, 0.15) is 11.1 Å². The van der Waals surface area contributed by atoms with E-state index in [-0.39, 0.29) is 10.2 Å². The topological polar surface area (TPSA) is 119 Å². The van der Waals surface area contributed by atoms with E-state index in [4.69, 9.17) is 20.9 Å². The Morgan fingerprint density at radius 3 is 1.43 bits per heavy atom. The number of thiocarbonyl (C=S) groups is 2. The highest BCUT2D eigenvalue weighted by Gasteiger charge is 1.94. The first-order chi connectivity index (χ1) is 14.5. The van der Waals surface area contributed by atoms with Gasteiger partial charge in [-0.2, -0.15) is 10.2 Å². The van der Waals surface area contributed by atoms with Crippen LogP contribution in [0.25, 0.3) is 0 Å². The third-order valence-electron chi connectivity index (χ3n) is 3.40. The lowest BCUT2D eigenvalue weighted by atomic mass is 10.2. The molecule has 0 radical (unpaired) electrons. The summed E-state index contributed by atoms with van der Waals surface area (Å²) in [7, 11) is 0. The molecule has 8 nitrogen and oxygen atoms in total. The molecule has 0 spiro atoms. The summed E-state index contributed by atoms with van der Waals surface area (Å²) in [5.74, 6) is 1.50. The molecule has 10 heteroatoms. The maximum absolute atomic E-state index is 5.64. The van der Waals surface area contributed by atoms with Gasteiger partial charge >= 0.3 is 0 Å². The van der Waals surface area contributed by atoms with Gasteiger partial charge in [0.1, 0.15) is 24.7 Å². The summed E-state index contributed by atoms with van der Waals surface area (Å²) in [5.41, 5.74) is 17.4. The second-order valence-corrected chi connectivity index (χ2v) is 6.58. The van der Waals surface area contributed by atoms with Crippen LogP contribution in [-0.4, -0.2) is 35.9 Å². The Morgan fingerprint density at radius 2 is 1.10 bits per heavy atom. The third-order valence-corrected chi connectivity index (χ3v) is 3.58. The summed E-state index contributed by atoms with van der Waals surface area (Å²) in [5, 5.41) is 8.02. The van der Waals surface area contributed by atoms with E-state index in [0.29, 0.717) is 13.2 Å². The zero-order chi connectivity index (χ0) is 21.6. The van der Waals surface area contributed by atoms with Crippen molar-refractivity contribution in [1.82, 2.24) is 10.9 Å². The number of nitrogens with two attached hydrogens (primary N) is 2. The molecule has 0 aliphatic carbocycles. The summed E-state index contributed by atoms with van der Waals surface area (Å²) in [6.45, 7) is 0.871. The third kappa shape index (κ3) is 9.62. The second kappa shape index (κ2) is 12.9. The smallest absolute Gasteiger partial charge is 0.184 e. The molecule has 0 saturated heterocycles. The van der Waals surface area contributed by atoms with Crippen molar-refractivity contribution < 1.29 is 9.47 Å². The van der Waals surface area contributed by atoms with Crippen molar-refractivity contribution >= 4 is 47.1 Å². The van der Waals surface area contributed by atoms with Gasteiger partial charge in [-0.05, 0) is 96.2 Å². The van der Waals surface area contributed by atoms with Gasteiger partial charge in [0, 0.05) is 0 Å². The Balaban J connectivity index is 1.67. The fourth-order valence-corrected chi connectivity index (χ4v) is 2.17. The number of hydrogen-bond donors (Lipinski definition) is 4. The Morgan fingerprint density at radius 1 is 0.733 bits per heavy atom. The molecule has 0 heterocycles. The first kappa shape index (κ1) is 22.8. The fraction of sp³-hybridized carbons (Fsp3) is 0.100. The van der Waals surface area contributed by atoms with E-state index in [2.05, 4.69) is 45.5 Å². The van der Waals surface area contributed by atoms with Gasteiger partial charge in [0.2, 0.25) is 0 Å². The van der Waals surface area contributed by atoms with Crippen LogP contribution >= 0.6 is 24.4 Å². The van der Waals surface area contributed by atoms with E-state index < -0.39 is 0 Å². The van der Waals surface area contributed by atoms with Crippen LogP contribution in [0.4, 0.5) is 0 Å². The van der Waals surface area contributed by atoms with Gasteiger partial charge in [0.05, 0.1) is 12.4 Å². The van der Waals surface area contributed by atoms with E-state index in [0.717, 1.165) is 22.6 Å². The monoisotopic (exact) mass is 442 g/mol. The molecule has 2 rings (SSSR count). The highest BCUT2D eigenvalue weighted by Crippen LogP contribution is 2.12. The minimum Gasteiger partial charge on any atom is -0.490 e. The van der Waals surface area contributed by atoms with Crippen LogP contribution in [0.2, 0.25) is 0 Å². The van der Waals surface area contributed by atoms with E-state index in [1.807, 2.05) is 60.7 Å². The van der Waals surface area contributed by atoms with E-state index in [1.54, 1.807) is 12.4 Å². The molecule has 2 aromatic rings. The lowest BCUT2D eigenvalue weighted by Gasteiger charge is -2.04. The molecule has 0 unspecified atom stereocenters. The Labute approximate surface area is 185 Å². The number of hydrazone groups is 2. The number of ether oxygens (including phenoxy) is 2. The van der Waals surface area contributed by atoms with Crippen LogP contribution in [-0.2, 0) is 0 Å². The molecular formula is C20H22N6O2S2. The van der Waals surface area contributed by atoms with Crippen molar-refractivity contribution in [3.05, 3.63) is 71.8 Å². The van der Waals surface area contributed by atoms with Crippen molar-refractivity contribution in [3.63, 3.8) is 0 Å². The molecule has 0 atom stereocenters. The van der Waals surface area contributed by atoms with Gasteiger partial charge in [0.15, 0.2) is 10.2 Å². The Kier molecular flexibility index (Phi) is 9.77. The molecule has 30 heavy (non-hydrogen) atoms. The molecule has 0 aliphatic heterocycles. The predicted molar refractivity (Wildman–Crippen MR) is 128 cm³/mol. The predicted octanol–water partition coefficient (Wildman–Crippen LogP) is 2.03. The standard InChI is InChI=1S/C20H22N6O2S2/c21-19(29)25-23-13-15-3-7-17(8-4-15)27-11-1-2-12-28-18-9-5-16(6-10-18)14-24-26-20(22)30/h1-10,13-14H,11-12H2,(H3,21,25,29)(H3,22,26,30)/b2-1+,23-13+,24-14+. The molecule has 156 valence electrons. The highest BCUT2D eigenvalue weighted by atomic mass is 32.1. The number of rotatable bonds is 10. The quantitative estimate of drug-likeness (QED) is 0.191. The number of benzene rings is 2. The van der Waals surface area contributed by atoms with Crippen LogP contribution in [0.5, 0.6) is 11.5 Å². The van der Waals surface area contributed by atoms with Crippen molar-refractivity contribution in [2.24, 2.45) is 21.7 Å². The summed E-state index contributed by atoms with van der Waals surface area (Å²) >= 11 is 9.33. The molecule has 0 aromatic heterocycles. The minimum absolute atomic E-state index is 0.120. The molecule has 0 amide bonds. The largest absolute Gasteiger partial charge is 0.490 e. The van der Waals surface area contributed by atoms with Gasteiger partial charge in [0.25, 0.3) is 0 Å². The van der Waals surface area contributed by atoms with Gasteiger partial charge in [-0.3, -0.25) is 10.9 Å². The molecule has 0 saturated carbocycles. The van der Waals surface area contributed by atoms with E-state index >= 15 is 0 Å². The van der Waals surface area contributed by atoms with Crippen molar-refractivity contribution in [3.8, 4) is 11.5 Å². The van der Waals surface area contributed by atoms with Crippen LogP contribution in [0, 0.1) is 0 Å². The van der Waals surface area contributed by atoms with Gasteiger partial charge < -0.3 is 20.9 Å². The average Bonchev–Trinajstić information content (AvgIpc) is 2.72. The van der Waals surface area contributed by atoms with Gasteiger partial charge in [-0.1, -0.05) is 0 Å². The lowest BCUT2D eigenvalue weighted by Crippen LogP contribution is -2.23. The van der Waals surface area contributed by atoms with Crippen LogP contribution < -0.4 is 31.8 Å². The Hall–Kier alpha value is -3.50. The van der Waals surface area contributed by atoms with Crippen molar-refractivity contribution in [2.45, 2.75) is 0 Å². The van der Waals surface area contributed by atoms with Gasteiger partial charge in [-0.15, -0.1) is 0 Å². The maximum atomic E-state index is 5.64.